The number of halogens is 2. The van der Waals surface area contributed by atoms with E-state index in [4.69, 9.17) is 0 Å². The van der Waals surface area contributed by atoms with Gasteiger partial charge in [-0.15, -0.1) is 0 Å². The van der Waals surface area contributed by atoms with Crippen molar-refractivity contribution in [1.29, 1.82) is 0 Å². The average Bonchev–Trinajstić information content (AvgIpc) is 2.45. The van der Waals surface area contributed by atoms with Gasteiger partial charge >= 0.3 is 5.76 Å². The minimum atomic E-state index is -4.73. The van der Waals surface area contributed by atoms with Crippen LogP contribution in [0.1, 0.15) is 13.8 Å². The summed E-state index contributed by atoms with van der Waals surface area (Å²) in [6.07, 6.45) is 0. The van der Waals surface area contributed by atoms with E-state index in [0.29, 0.717) is 6.54 Å². The number of alkyl halides is 2. The second-order valence-electron chi connectivity index (χ2n) is 4.52. The van der Waals surface area contributed by atoms with Crippen molar-refractivity contribution in [3.05, 3.63) is 24.3 Å². The van der Waals surface area contributed by atoms with Crippen LogP contribution < -0.4 is 5.32 Å². The number of carbonyl (C=O) groups excluding carboxylic acids is 1. The van der Waals surface area contributed by atoms with Crippen molar-refractivity contribution >= 4 is 21.4 Å². The lowest BCUT2D eigenvalue weighted by molar-refractivity contribution is -0.130. The highest BCUT2D eigenvalue weighted by atomic mass is 32.2. The highest BCUT2D eigenvalue weighted by Gasteiger charge is 2.30. The third-order valence-electron chi connectivity index (χ3n) is 3.02. The van der Waals surface area contributed by atoms with Crippen LogP contribution in [0.5, 0.6) is 0 Å². The van der Waals surface area contributed by atoms with Gasteiger partial charge in [-0.3, -0.25) is 4.79 Å². The maximum absolute atomic E-state index is 12.7. The number of nitrogens with zero attached hydrogens (tertiary/aromatic N) is 1. The molecule has 0 saturated heterocycles. The van der Waals surface area contributed by atoms with Gasteiger partial charge in [0.25, 0.3) is 0 Å². The maximum Gasteiger partial charge on any atom is 0.341 e. The van der Waals surface area contributed by atoms with Gasteiger partial charge in [-0.2, -0.15) is 8.78 Å². The van der Waals surface area contributed by atoms with Crippen molar-refractivity contribution in [2.75, 3.05) is 18.9 Å². The number of amides is 1. The van der Waals surface area contributed by atoms with Crippen LogP contribution in [-0.2, 0) is 14.6 Å². The molecule has 0 saturated carbocycles. The summed E-state index contributed by atoms with van der Waals surface area (Å²) >= 11 is 0. The molecule has 0 spiro atoms. The molecule has 1 aromatic rings. The van der Waals surface area contributed by atoms with Gasteiger partial charge in [0.05, 0.1) is 10.6 Å². The van der Waals surface area contributed by atoms with E-state index < -0.39 is 26.5 Å². The first-order valence-corrected chi connectivity index (χ1v) is 7.89. The van der Waals surface area contributed by atoms with Crippen LogP contribution in [0.2, 0.25) is 0 Å². The molecule has 118 valence electrons. The van der Waals surface area contributed by atoms with Crippen molar-refractivity contribution in [1.82, 2.24) is 4.90 Å². The van der Waals surface area contributed by atoms with Crippen molar-refractivity contribution < 1.29 is 22.0 Å². The Hall–Kier alpha value is -1.70. The number of para-hydroxylation sites is 1. The Bertz CT molecular complexity index is 605. The molecule has 5 nitrogen and oxygen atoms in total. The molecule has 0 aliphatic rings. The van der Waals surface area contributed by atoms with Crippen LogP contribution in [0, 0.1) is 0 Å². The van der Waals surface area contributed by atoms with E-state index >= 15 is 0 Å². The van der Waals surface area contributed by atoms with E-state index in [-0.39, 0.29) is 11.6 Å². The lowest BCUT2D eigenvalue weighted by atomic mass is 10.2. The highest BCUT2D eigenvalue weighted by molar-refractivity contribution is 7.91. The van der Waals surface area contributed by atoms with Gasteiger partial charge in [-0.25, -0.2) is 8.42 Å². The number of sulfone groups is 1. The molecule has 0 aliphatic heterocycles. The Morgan fingerprint density at radius 2 is 1.90 bits per heavy atom. The zero-order valence-electron chi connectivity index (χ0n) is 12.0. The summed E-state index contributed by atoms with van der Waals surface area (Å²) in [7, 11) is -3.13. The molecule has 0 heterocycles. The van der Waals surface area contributed by atoms with E-state index in [1.54, 1.807) is 20.9 Å². The molecule has 1 aromatic carbocycles. The summed E-state index contributed by atoms with van der Waals surface area (Å²) in [4.78, 5) is 12.9. The SMILES string of the molecule is CCN(C)C(=O)C(C)Nc1ccccc1S(=O)(=O)C(F)F. The van der Waals surface area contributed by atoms with Crippen molar-refractivity contribution in [3.63, 3.8) is 0 Å². The Kier molecular flexibility index (Phi) is 5.65. The molecule has 21 heavy (non-hydrogen) atoms. The highest BCUT2D eigenvalue weighted by Crippen LogP contribution is 2.26. The molecule has 0 radical (unpaired) electrons. The maximum atomic E-state index is 12.7. The van der Waals surface area contributed by atoms with Crippen molar-refractivity contribution in [2.45, 2.75) is 30.5 Å². The van der Waals surface area contributed by atoms with Crippen LogP contribution in [0.25, 0.3) is 0 Å². The fraction of sp³-hybridized carbons (Fsp3) is 0.462. The third kappa shape index (κ3) is 3.90. The first kappa shape index (κ1) is 17.4. The number of carbonyl (C=O) groups is 1. The Balaban J connectivity index is 3.09. The monoisotopic (exact) mass is 320 g/mol. The summed E-state index contributed by atoms with van der Waals surface area (Å²) in [5.74, 6) is -3.77. The molecule has 1 amide bonds. The Morgan fingerprint density at radius 3 is 2.43 bits per heavy atom. The van der Waals surface area contributed by atoms with Gasteiger partial charge in [0.2, 0.25) is 15.7 Å². The summed E-state index contributed by atoms with van der Waals surface area (Å²) in [5, 5.41) is 2.68. The molecule has 1 atom stereocenters. The average molecular weight is 320 g/mol. The van der Waals surface area contributed by atoms with Crippen LogP contribution in [0.4, 0.5) is 14.5 Å². The molecular weight excluding hydrogens is 302 g/mol. The summed E-state index contributed by atoms with van der Waals surface area (Å²) in [6, 6.07) is 4.57. The molecule has 1 rings (SSSR count). The van der Waals surface area contributed by atoms with Crippen molar-refractivity contribution in [3.8, 4) is 0 Å². The minimum absolute atomic E-state index is 0.0110. The fourth-order valence-electron chi connectivity index (χ4n) is 1.71. The van der Waals surface area contributed by atoms with Crippen LogP contribution >= 0.6 is 0 Å². The van der Waals surface area contributed by atoms with E-state index in [0.717, 1.165) is 6.07 Å². The summed E-state index contributed by atoms with van der Waals surface area (Å²) in [6.45, 7) is 3.82. The molecular formula is C13H18F2N2O3S. The van der Waals surface area contributed by atoms with Gasteiger partial charge in [0, 0.05) is 13.6 Å². The topological polar surface area (TPSA) is 66.5 Å². The van der Waals surface area contributed by atoms with Gasteiger partial charge < -0.3 is 10.2 Å². The largest absolute Gasteiger partial charge is 0.373 e. The lowest BCUT2D eigenvalue weighted by Crippen LogP contribution is -2.39. The molecule has 1 unspecified atom stereocenters. The van der Waals surface area contributed by atoms with E-state index in [9.17, 15) is 22.0 Å². The van der Waals surface area contributed by atoms with E-state index in [1.165, 1.54) is 23.1 Å². The normalized spacial score (nSPS) is 13.0. The Labute approximate surface area is 122 Å². The number of likely N-dealkylation sites (N-methyl/N-ethyl adjacent to an activating group) is 1. The third-order valence-corrected chi connectivity index (χ3v) is 4.46. The number of anilines is 1. The first-order chi connectivity index (χ1) is 9.71. The van der Waals surface area contributed by atoms with Crippen LogP contribution in [0.3, 0.4) is 0 Å². The molecule has 1 N–H and O–H groups in total. The van der Waals surface area contributed by atoms with Gasteiger partial charge in [0.1, 0.15) is 6.04 Å². The lowest BCUT2D eigenvalue weighted by Gasteiger charge is -2.22. The van der Waals surface area contributed by atoms with Crippen molar-refractivity contribution in [2.24, 2.45) is 0 Å². The smallest absolute Gasteiger partial charge is 0.341 e. The summed E-state index contributed by atoms with van der Waals surface area (Å²) in [5.41, 5.74) is -0.0110. The van der Waals surface area contributed by atoms with Gasteiger partial charge in [-0.1, -0.05) is 12.1 Å². The van der Waals surface area contributed by atoms with Gasteiger partial charge in [0.15, 0.2) is 0 Å². The molecule has 0 bridgehead atoms. The predicted octanol–water partition coefficient (Wildman–Crippen LogP) is 1.96. The molecule has 0 aliphatic carbocycles. The quantitative estimate of drug-likeness (QED) is 0.870. The molecule has 0 fully saturated rings. The zero-order valence-corrected chi connectivity index (χ0v) is 12.8. The predicted molar refractivity (Wildman–Crippen MR) is 76.0 cm³/mol. The van der Waals surface area contributed by atoms with E-state index in [1.807, 2.05) is 0 Å². The number of hydrogen-bond donors (Lipinski definition) is 1. The second kappa shape index (κ2) is 6.84. The number of nitrogens with one attached hydrogen (secondary N) is 1. The minimum Gasteiger partial charge on any atom is -0.373 e. The number of rotatable bonds is 6. The zero-order chi connectivity index (χ0) is 16.2. The molecule has 8 heteroatoms. The standard InChI is InChI=1S/C13H18F2N2O3S/c1-4-17(3)12(18)9(2)16-10-7-5-6-8-11(10)21(19,20)13(14)15/h5-9,13,16H,4H2,1-3H3. The van der Waals surface area contributed by atoms with Crippen LogP contribution in [-0.4, -0.2) is 44.6 Å². The van der Waals surface area contributed by atoms with Crippen LogP contribution in [0.15, 0.2) is 29.2 Å². The molecule has 0 aromatic heterocycles. The van der Waals surface area contributed by atoms with Gasteiger partial charge in [-0.05, 0) is 26.0 Å². The number of hydrogen-bond acceptors (Lipinski definition) is 4. The summed E-state index contributed by atoms with van der Waals surface area (Å²) < 4.78 is 48.6. The first-order valence-electron chi connectivity index (χ1n) is 6.34. The Morgan fingerprint density at radius 1 is 1.33 bits per heavy atom. The number of benzene rings is 1. The fourth-order valence-corrected chi connectivity index (χ4v) is 2.61. The van der Waals surface area contributed by atoms with E-state index in [2.05, 4.69) is 5.32 Å². The second-order valence-corrected chi connectivity index (χ2v) is 6.41.